The summed E-state index contributed by atoms with van der Waals surface area (Å²) in [4.78, 5) is 53.1. The molecule has 204 valence electrons. The molecule has 0 bridgehead atoms. The average Bonchev–Trinajstić information content (AvgIpc) is 2.89. The SMILES string of the molecule is NC(N)=NCCC[C@H](NC(=O)[C@@H](N)CCC(=O)O)C(=O)N[C@H](C(=O)O)C(c1ccccc1)c1ccccc1. The smallest absolute Gasteiger partial charge is 0.327 e. The Morgan fingerprint density at radius 3 is 1.84 bits per heavy atom. The topological polar surface area (TPSA) is 223 Å². The predicted octanol–water partition coefficient (Wildman–Crippen LogP) is 0.118. The fraction of sp³-hybridized carbons (Fsp3) is 0.346. The molecule has 2 amide bonds. The van der Waals surface area contributed by atoms with E-state index in [9.17, 15) is 24.3 Å². The molecule has 0 aliphatic carbocycles. The third-order valence-corrected chi connectivity index (χ3v) is 5.80. The summed E-state index contributed by atoms with van der Waals surface area (Å²) >= 11 is 0. The van der Waals surface area contributed by atoms with Gasteiger partial charge in [0, 0.05) is 18.9 Å². The Morgan fingerprint density at radius 2 is 1.37 bits per heavy atom. The first-order valence-electron chi connectivity index (χ1n) is 12.1. The van der Waals surface area contributed by atoms with Crippen LogP contribution in [0.25, 0.3) is 0 Å². The van der Waals surface area contributed by atoms with Crippen LogP contribution < -0.4 is 27.8 Å². The van der Waals surface area contributed by atoms with E-state index in [-0.39, 0.29) is 31.8 Å². The van der Waals surface area contributed by atoms with Crippen LogP contribution in [0.3, 0.4) is 0 Å². The molecular weight excluding hydrogens is 492 g/mol. The number of aliphatic carboxylic acids is 2. The highest BCUT2D eigenvalue weighted by molar-refractivity contribution is 5.92. The Bertz CT molecular complexity index is 1070. The van der Waals surface area contributed by atoms with E-state index in [1.165, 1.54) is 0 Å². The number of nitrogens with zero attached hydrogens (tertiary/aromatic N) is 1. The number of carbonyl (C=O) groups is 4. The summed E-state index contributed by atoms with van der Waals surface area (Å²) in [5, 5.41) is 24.1. The number of carboxylic acids is 2. The maximum atomic E-state index is 13.4. The molecule has 2 aromatic rings. The molecule has 3 atom stereocenters. The summed E-state index contributed by atoms with van der Waals surface area (Å²) in [7, 11) is 0. The largest absolute Gasteiger partial charge is 0.481 e. The van der Waals surface area contributed by atoms with Crippen molar-refractivity contribution in [2.45, 2.75) is 49.7 Å². The molecule has 0 unspecified atom stereocenters. The van der Waals surface area contributed by atoms with Gasteiger partial charge >= 0.3 is 11.9 Å². The Balaban J connectivity index is 2.30. The Labute approximate surface area is 220 Å². The van der Waals surface area contributed by atoms with Crippen molar-refractivity contribution in [3.8, 4) is 0 Å². The molecule has 2 aromatic carbocycles. The molecule has 0 aliphatic rings. The molecule has 0 saturated carbocycles. The number of nitrogens with two attached hydrogens (primary N) is 3. The van der Waals surface area contributed by atoms with E-state index >= 15 is 0 Å². The van der Waals surface area contributed by atoms with E-state index in [2.05, 4.69) is 15.6 Å². The Kier molecular flexibility index (Phi) is 11.7. The van der Waals surface area contributed by atoms with Gasteiger partial charge in [0.1, 0.15) is 12.1 Å². The molecule has 0 aromatic heterocycles. The molecule has 12 nitrogen and oxygen atoms in total. The zero-order valence-corrected chi connectivity index (χ0v) is 20.8. The zero-order valence-electron chi connectivity index (χ0n) is 20.8. The van der Waals surface area contributed by atoms with Crippen molar-refractivity contribution in [2.24, 2.45) is 22.2 Å². The van der Waals surface area contributed by atoms with Crippen LogP contribution >= 0.6 is 0 Å². The second-order valence-corrected chi connectivity index (χ2v) is 8.67. The first kappa shape index (κ1) is 29.8. The van der Waals surface area contributed by atoms with Gasteiger partial charge in [-0.3, -0.25) is 19.4 Å². The van der Waals surface area contributed by atoms with Crippen molar-refractivity contribution in [2.75, 3.05) is 6.54 Å². The summed E-state index contributed by atoms with van der Waals surface area (Å²) in [6.45, 7) is 0.173. The Morgan fingerprint density at radius 1 is 0.816 bits per heavy atom. The van der Waals surface area contributed by atoms with Gasteiger partial charge in [-0.25, -0.2) is 4.79 Å². The second-order valence-electron chi connectivity index (χ2n) is 8.67. The van der Waals surface area contributed by atoms with Gasteiger partial charge in [-0.1, -0.05) is 60.7 Å². The van der Waals surface area contributed by atoms with Crippen LogP contribution in [-0.4, -0.2) is 64.6 Å². The molecule has 0 saturated heterocycles. The first-order valence-corrected chi connectivity index (χ1v) is 12.1. The van der Waals surface area contributed by atoms with Crippen LogP contribution in [0.5, 0.6) is 0 Å². The van der Waals surface area contributed by atoms with Crippen LogP contribution in [-0.2, 0) is 19.2 Å². The van der Waals surface area contributed by atoms with Crippen molar-refractivity contribution in [3.63, 3.8) is 0 Å². The van der Waals surface area contributed by atoms with Crippen molar-refractivity contribution < 1.29 is 29.4 Å². The number of amides is 2. The number of hydrogen-bond acceptors (Lipinski definition) is 6. The van der Waals surface area contributed by atoms with Crippen LogP contribution in [0, 0.1) is 0 Å². The maximum absolute atomic E-state index is 13.4. The van der Waals surface area contributed by atoms with Crippen molar-refractivity contribution in [1.82, 2.24) is 10.6 Å². The normalized spacial score (nSPS) is 13.1. The number of aliphatic imine (C=N–C) groups is 1. The van der Waals surface area contributed by atoms with E-state index in [1.54, 1.807) is 60.7 Å². The number of benzene rings is 2. The third-order valence-electron chi connectivity index (χ3n) is 5.80. The molecule has 0 aliphatic heterocycles. The van der Waals surface area contributed by atoms with Crippen molar-refractivity contribution >= 4 is 29.7 Å². The first-order chi connectivity index (χ1) is 18.1. The minimum absolute atomic E-state index is 0.0771. The highest BCUT2D eigenvalue weighted by Crippen LogP contribution is 2.28. The zero-order chi connectivity index (χ0) is 28.1. The number of rotatable bonds is 15. The summed E-state index contributed by atoms with van der Waals surface area (Å²) in [5.74, 6) is -4.71. The van der Waals surface area contributed by atoms with E-state index in [0.29, 0.717) is 17.5 Å². The number of guanidine groups is 1. The number of hydrogen-bond donors (Lipinski definition) is 7. The standard InChI is InChI=1S/C26H34N6O6/c27-18(13-14-20(33)34)23(35)31-19(12-7-15-30-26(28)29)24(36)32-22(25(37)38)21(16-8-3-1-4-9-16)17-10-5-2-6-11-17/h1-6,8-11,18-19,21-22H,7,12-15,27H2,(H,31,35)(H,32,36)(H,33,34)(H,37,38)(H4,28,29,30)/t18-,19-,22-/m0/s1. The monoisotopic (exact) mass is 526 g/mol. The van der Waals surface area contributed by atoms with Crippen LogP contribution in [0.15, 0.2) is 65.7 Å². The fourth-order valence-corrected chi connectivity index (χ4v) is 3.90. The fourth-order valence-electron chi connectivity index (χ4n) is 3.90. The molecule has 10 N–H and O–H groups in total. The molecule has 0 radical (unpaired) electrons. The van der Waals surface area contributed by atoms with Crippen molar-refractivity contribution in [1.29, 1.82) is 0 Å². The van der Waals surface area contributed by atoms with Gasteiger partial charge in [0.15, 0.2) is 5.96 Å². The minimum Gasteiger partial charge on any atom is -0.481 e. The lowest BCUT2D eigenvalue weighted by Crippen LogP contribution is -2.55. The van der Waals surface area contributed by atoms with E-state index in [1.807, 2.05) is 0 Å². The minimum atomic E-state index is -1.37. The van der Waals surface area contributed by atoms with Gasteiger partial charge in [0.05, 0.1) is 6.04 Å². The van der Waals surface area contributed by atoms with Gasteiger partial charge < -0.3 is 38.0 Å². The molecule has 2 rings (SSSR count). The molecule has 0 spiro atoms. The van der Waals surface area contributed by atoms with Gasteiger partial charge in [0.25, 0.3) is 0 Å². The summed E-state index contributed by atoms with van der Waals surface area (Å²) in [6.07, 6.45) is -0.0922. The number of nitrogens with one attached hydrogen (secondary N) is 2. The molecule has 38 heavy (non-hydrogen) atoms. The van der Waals surface area contributed by atoms with Gasteiger partial charge in [-0.05, 0) is 30.4 Å². The summed E-state index contributed by atoms with van der Waals surface area (Å²) < 4.78 is 0. The lowest BCUT2D eigenvalue weighted by atomic mass is 9.84. The predicted molar refractivity (Wildman–Crippen MR) is 141 cm³/mol. The summed E-state index contributed by atoms with van der Waals surface area (Å²) in [6, 6.07) is 14.1. The van der Waals surface area contributed by atoms with E-state index in [0.717, 1.165) is 0 Å². The molecular formula is C26H34N6O6. The molecule has 0 heterocycles. The average molecular weight is 527 g/mol. The summed E-state index contributed by atoms with van der Waals surface area (Å²) in [5.41, 5.74) is 17.8. The van der Waals surface area contributed by atoms with Crippen LogP contribution in [0.1, 0.15) is 42.7 Å². The highest BCUT2D eigenvalue weighted by atomic mass is 16.4. The second kappa shape index (κ2) is 15.0. The number of carbonyl (C=O) groups excluding carboxylic acids is 2. The maximum Gasteiger partial charge on any atom is 0.327 e. The lowest BCUT2D eigenvalue weighted by Gasteiger charge is -2.28. The number of carboxylic acid groups (broad SMARTS) is 2. The molecule has 0 fully saturated rings. The Hall–Kier alpha value is -4.45. The highest BCUT2D eigenvalue weighted by Gasteiger charge is 2.34. The lowest BCUT2D eigenvalue weighted by molar-refractivity contribution is -0.142. The van der Waals surface area contributed by atoms with Gasteiger partial charge in [-0.2, -0.15) is 0 Å². The third kappa shape index (κ3) is 9.54. The van der Waals surface area contributed by atoms with Gasteiger partial charge in [-0.15, -0.1) is 0 Å². The quantitative estimate of drug-likeness (QED) is 0.0949. The van der Waals surface area contributed by atoms with E-state index in [4.69, 9.17) is 22.3 Å². The van der Waals surface area contributed by atoms with Gasteiger partial charge in [0.2, 0.25) is 11.8 Å². The van der Waals surface area contributed by atoms with Crippen molar-refractivity contribution in [3.05, 3.63) is 71.8 Å². The van der Waals surface area contributed by atoms with Crippen LogP contribution in [0.2, 0.25) is 0 Å². The van der Waals surface area contributed by atoms with Crippen LogP contribution in [0.4, 0.5) is 0 Å². The van der Waals surface area contributed by atoms with E-state index < -0.39 is 47.8 Å². The molecule has 12 heteroatoms.